The van der Waals surface area contributed by atoms with Crippen molar-refractivity contribution < 1.29 is 9.18 Å². The zero-order valence-electron chi connectivity index (χ0n) is 8.58. The summed E-state index contributed by atoms with van der Waals surface area (Å²) in [5.41, 5.74) is 0.205. The summed E-state index contributed by atoms with van der Waals surface area (Å²) in [7, 11) is 0. The first-order valence-electron chi connectivity index (χ1n) is 4.81. The molecule has 2 heterocycles. The van der Waals surface area contributed by atoms with Gasteiger partial charge >= 0.3 is 0 Å². The second kappa shape index (κ2) is 4.52. The second-order valence-corrected chi connectivity index (χ2v) is 4.36. The Morgan fingerprint density at radius 2 is 2.24 bits per heavy atom. The number of amides is 1. The molecule has 0 saturated carbocycles. The lowest BCUT2D eigenvalue weighted by Crippen LogP contribution is -2.25. The highest BCUT2D eigenvalue weighted by molar-refractivity contribution is 6.34. The molecule has 0 aliphatic carbocycles. The van der Waals surface area contributed by atoms with E-state index in [0.717, 1.165) is 6.07 Å². The molecule has 1 fully saturated rings. The quantitative estimate of drug-likeness (QED) is 0.582. The first-order valence-corrected chi connectivity index (χ1v) is 5.56. The molecule has 1 atom stereocenters. The van der Waals surface area contributed by atoms with Gasteiger partial charge in [0.15, 0.2) is 16.1 Å². The molecular weight excluding hydrogens is 266 g/mol. The molecule has 1 aliphatic heterocycles. The molecule has 2 rings (SSSR count). The largest absolute Gasteiger partial charge is 0.308 e. The Balaban J connectivity index is 2.39. The van der Waals surface area contributed by atoms with Crippen LogP contribution in [0.5, 0.6) is 0 Å². The summed E-state index contributed by atoms with van der Waals surface area (Å²) in [6.07, 6.45) is 5.49. The number of halogens is 3. The number of carbonyl (C=O) groups excluding carboxylic acids is 1. The maximum Gasteiger partial charge on any atom is 0.228 e. The van der Waals surface area contributed by atoms with Crippen LogP contribution in [0, 0.1) is 24.1 Å². The average Bonchev–Trinajstić information content (AvgIpc) is 2.65. The number of nitrogens with zero attached hydrogens (tertiary/aromatic N) is 2. The number of carbonyl (C=O) groups is 1. The zero-order chi connectivity index (χ0) is 12.6. The molecule has 17 heavy (non-hydrogen) atoms. The van der Waals surface area contributed by atoms with E-state index in [1.54, 1.807) is 0 Å². The van der Waals surface area contributed by atoms with E-state index < -0.39 is 5.82 Å². The normalized spacial score (nSPS) is 19.5. The molecule has 88 valence electrons. The Labute approximate surface area is 108 Å². The fraction of sp³-hybridized carbons (Fsp3) is 0.273. The van der Waals surface area contributed by atoms with E-state index in [2.05, 4.69) is 10.9 Å². The standard InChI is InChI=1S/C11H7Cl2FN2O/c1-2-6-3-9(17)16(5-6)8-4-7(14)10(12)15-11(8)13/h1,4,6H,3,5H2. The lowest BCUT2D eigenvalue weighted by Gasteiger charge is -2.17. The monoisotopic (exact) mass is 272 g/mol. The Morgan fingerprint density at radius 3 is 2.82 bits per heavy atom. The van der Waals surface area contributed by atoms with E-state index in [-0.39, 0.29) is 34.2 Å². The van der Waals surface area contributed by atoms with Gasteiger partial charge in [-0.25, -0.2) is 9.37 Å². The first-order chi connectivity index (χ1) is 8.02. The van der Waals surface area contributed by atoms with Crippen LogP contribution in [0.3, 0.4) is 0 Å². The van der Waals surface area contributed by atoms with Crippen molar-refractivity contribution in [3.63, 3.8) is 0 Å². The second-order valence-electron chi connectivity index (χ2n) is 3.64. The minimum Gasteiger partial charge on any atom is -0.308 e. The summed E-state index contributed by atoms with van der Waals surface area (Å²) in [5.74, 6) is 1.40. The fourth-order valence-corrected chi connectivity index (χ4v) is 2.10. The summed E-state index contributed by atoms with van der Waals surface area (Å²) in [5, 5.41) is -0.332. The van der Waals surface area contributed by atoms with Crippen molar-refractivity contribution in [3.05, 3.63) is 22.2 Å². The third kappa shape index (κ3) is 2.21. The van der Waals surface area contributed by atoms with Gasteiger partial charge < -0.3 is 4.90 Å². The fourth-order valence-electron chi connectivity index (χ4n) is 1.68. The van der Waals surface area contributed by atoms with E-state index >= 15 is 0 Å². The van der Waals surface area contributed by atoms with Crippen molar-refractivity contribution in [2.75, 3.05) is 11.4 Å². The van der Waals surface area contributed by atoms with Crippen LogP contribution in [0.25, 0.3) is 0 Å². The molecule has 1 amide bonds. The van der Waals surface area contributed by atoms with Crippen LogP contribution in [0.1, 0.15) is 6.42 Å². The molecule has 1 aromatic rings. The number of terminal acetylenes is 1. The third-order valence-electron chi connectivity index (χ3n) is 2.52. The summed E-state index contributed by atoms with van der Waals surface area (Å²) in [6, 6.07) is 1.09. The van der Waals surface area contributed by atoms with E-state index in [4.69, 9.17) is 29.6 Å². The summed E-state index contributed by atoms with van der Waals surface area (Å²) in [6.45, 7) is 0.317. The SMILES string of the molecule is C#CC1CC(=O)N(c2cc(F)c(Cl)nc2Cl)C1. The van der Waals surface area contributed by atoms with Crippen LogP contribution < -0.4 is 4.90 Å². The Hall–Kier alpha value is -1.31. The Morgan fingerprint density at radius 1 is 1.53 bits per heavy atom. The van der Waals surface area contributed by atoms with Gasteiger partial charge in [0.25, 0.3) is 0 Å². The van der Waals surface area contributed by atoms with Crippen molar-refractivity contribution in [2.45, 2.75) is 6.42 Å². The highest BCUT2D eigenvalue weighted by Gasteiger charge is 2.31. The van der Waals surface area contributed by atoms with Crippen LogP contribution in [0.4, 0.5) is 10.1 Å². The van der Waals surface area contributed by atoms with Gasteiger partial charge in [-0.2, -0.15) is 0 Å². The van der Waals surface area contributed by atoms with Crippen molar-refractivity contribution in [3.8, 4) is 12.3 Å². The molecule has 0 radical (unpaired) electrons. The molecule has 1 unspecified atom stereocenters. The van der Waals surface area contributed by atoms with Crippen molar-refractivity contribution in [1.82, 2.24) is 4.98 Å². The van der Waals surface area contributed by atoms with Gasteiger partial charge in [0.05, 0.1) is 5.69 Å². The molecule has 0 spiro atoms. The lowest BCUT2D eigenvalue weighted by molar-refractivity contribution is -0.117. The van der Waals surface area contributed by atoms with Crippen LogP contribution in [0.15, 0.2) is 6.07 Å². The highest BCUT2D eigenvalue weighted by atomic mass is 35.5. The topological polar surface area (TPSA) is 33.2 Å². The molecule has 0 N–H and O–H groups in total. The molecule has 0 aromatic carbocycles. The minimum atomic E-state index is -0.719. The van der Waals surface area contributed by atoms with E-state index in [0.29, 0.717) is 6.54 Å². The molecule has 0 bridgehead atoms. The number of hydrogen-bond acceptors (Lipinski definition) is 2. The minimum absolute atomic E-state index is 0.0116. The summed E-state index contributed by atoms with van der Waals surface area (Å²) >= 11 is 11.3. The van der Waals surface area contributed by atoms with Gasteiger partial charge in [-0.15, -0.1) is 12.3 Å². The number of hydrogen-bond donors (Lipinski definition) is 0. The van der Waals surface area contributed by atoms with Gasteiger partial charge in [-0.1, -0.05) is 23.2 Å². The van der Waals surface area contributed by atoms with Crippen LogP contribution in [-0.4, -0.2) is 17.4 Å². The Bertz CT molecular complexity index is 527. The third-order valence-corrected chi connectivity index (χ3v) is 3.06. The number of aromatic nitrogens is 1. The van der Waals surface area contributed by atoms with Gasteiger partial charge in [-0.3, -0.25) is 4.79 Å². The number of rotatable bonds is 1. The molecule has 3 nitrogen and oxygen atoms in total. The predicted octanol–water partition coefficient (Wildman–Crippen LogP) is 2.51. The van der Waals surface area contributed by atoms with Crippen molar-refractivity contribution in [2.24, 2.45) is 5.92 Å². The maximum absolute atomic E-state index is 13.3. The van der Waals surface area contributed by atoms with E-state index in [1.807, 2.05) is 0 Å². The lowest BCUT2D eigenvalue weighted by atomic mass is 10.1. The highest BCUT2D eigenvalue weighted by Crippen LogP contribution is 2.32. The first kappa shape index (κ1) is 12.2. The molecular formula is C11H7Cl2FN2O. The van der Waals surface area contributed by atoms with Gasteiger partial charge in [0, 0.05) is 24.9 Å². The van der Waals surface area contributed by atoms with Crippen LogP contribution >= 0.6 is 23.2 Å². The molecule has 1 saturated heterocycles. The smallest absolute Gasteiger partial charge is 0.228 e. The van der Waals surface area contributed by atoms with Gasteiger partial charge in [-0.05, 0) is 0 Å². The van der Waals surface area contributed by atoms with Crippen LogP contribution in [-0.2, 0) is 4.79 Å². The van der Waals surface area contributed by atoms with Crippen molar-refractivity contribution >= 4 is 34.8 Å². The van der Waals surface area contributed by atoms with E-state index in [1.165, 1.54) is 4.90 Å². The number of anilines is 1. The molecule has 1 aliphatic rings. The predicted molar refractivity (Wildman–Crippen MR) is 63.5 cm³/mol. The molecule has 6 heteroatoms. The molecule has 1 aromatic heterocycles. The maximum atomic E-state index is 13.3. The average molecular weight is 273 g/mol. The van der Waals surface area contributed by atoms with E-state index in [9.17, 15) is 9.18 Å². The number of pyridine rings is 1. The Kier molecular flexibility index (Phi) is 3.23. The van der Waals surface area contributed by atoms with Gasteiger partial charge in [0.1, 0.15) is 0 Å². The van der Waals surface area contributed by atoms with Crippen LogP contribution in [0.2, 0.25) is 10.3 Å². The van der Waals surface area contributed by atoms with Crippen molar-refractivity contribution in [1.29, 1.82) is 0 Å². The zero-order valence-corrected chi connectivity index (χ0v) is 10.1. The summed E-state index contributed by atoms with van der Waals surface area (Å²) in [4.78, 5) is 16.6. The van der Waals surface area contributed by atoms with Gasteiger partial charge in [0.2, 0.25) is 5.91 Å². The summed E-state index contributed by atoms with van der Waals surface area (Å²) < 4.78 is 13.3.